The Morgan fingerprint density at radius 3 is 2.48 bits per heavy atom. The van der Waals surface area contributed by atoms with Gasteiger partial charge in [0.25, 0.3) is 11.7 Å². The van der Waals surface area contributed by atoms with Crippen LogP contribution in [-0.2, 0) is 14.3 Å². The molecule has 1 saturated heterocycles. The molecule has 2 aromatic carbocycles. The fourth-order valence-electron chi connectivity index (χ4n) is 3.50. The number of aliphatic hydroxyl groups is 1. The van der Waals surface area contributed by atoms with Gasteiger partial charge in [0.05, 0.1) is 24.3 Å². The number of carbonyl (C=O) groups is 2. The van der Waals surface area contributed by atoms with Gasteiger partial charge in [-0.1, -0.05) is 30.3 Å². The molecular weight excluding hydrogens is 377 g/mol. The SMILES string of the molecule is COCCCN1C(=O)C(=O)/C(=C(\O)c2ccccc2OC)C1c1ccccc1F. The summed E-state index contributed by atoms with van der Waals surface area (Å²) >= 11 is 0. The lowest BCUT2D eigenvalue weighted by Gasteiger charge is -2.25. The molecule has 0 bridgehead atoms. The lowest BCUT2D eigenvalue weighted by atomic mass is 9.94. The van der Waals surface area contributed by atoms with Gasteiger partial charge in [0.2, 0.25) is 0 Å². The topological polar surface area (TPSA) is 76.1 Å². The summed E-state index contributed by atoms with van der Waals surface area (Å²) in [5.41, 5.74) is 0.230. The molecule has 0 aliphatic carbocycles. The van der Waals surface area contributed by atoms with E-state index in [1.54, 1.807) is 30.3 Å². The number of ketones is 1. The van der Waals surface area contributed by atoms with Gasteiger partial charge in [0.15, 0.2) is 0 Å². The van der Waals surface area contributed by atoms with E-state index >= 15 is 0 Å². The number of rotatable bonds is 7. The van der Waals surface area contributed by atoms with Crippen LogP contribution >= 0.6 is 0 Å². The van der Waals surface area contributed by atoms with Gasteiger partial charge in [-0.2, -0.15) is 0 Å². The molecule has 1 heterocycles. The molecule has 152 valence electrons. The molecule has 1 aliphatic rings. The fourth-order valence-corrected chi connectivity index (χ4v) is 3.50. The predicted octanol–water partition coefficient (Wildman–Crippen LogP) is 3.29. The number of carbonyl (C=O) groups excluding carboxylic acids is 2. The molecule has 1 amide bonds. The van der Waals surface area contributed by atoms with Crippen LogP contribution in [0.3, 0.4) is 0 Å². The molecule has 1 fully saturated rings. The molecule has 6 nitrogen and oxygen atoms in total. The molecule has 1 unspecified atom stereocenters. The van der Waals surface area contributed by atoms with Crippen LogP contribution < -0.4 is 4.74 Å². The minimum Gasteiger partial charge on any atom is -0.507 e. The van der Waals surface area contributed by atoms with Crippen molar-refractivity contribution in [2.75, 3.05) is 27.4 Å². The van der Waals surface area contributed by atoms with Crippen LogP contribution in [0.2, 0.25) is 0 Å². The van der Waals surface area contributed by atoms with E-state index in [9.17, 15) is 19.1 Å². The number of Topliss-reactive ketones (excluding diaryl/α,β-unsaturated/α-hetero) is 1. The zero-order valence-corrected chi connectivity index (χ0v) is 16.2. The van der Waals surface area contributed by atoms with E-state index in [2.05, 4.69) is 0 Å². The van der Waals surface area contributed by atoms with Crippen molar-refractivity contribution in [2.24, 2.45) is 0 Å². The number of ether oxygens (including phenoxy) is 2. The first-order valence-corrected chi connectivity index (χ1v) is 9.16. The van der Waals surface area contributed by atoms with E-state index in [1.165, 1.54) is 37.3 Å². The maximum atomic E-state index is 14.6. The standard InChI is InChI=1S/C22H22FNO5/c1-28-13-7-12-24-19(14-8-3-5-10-16(14)23)18(21(26)22(24)27)20(25)15-9-4-6-11-17(15)29-2/h3-6,8-11,19,25H,7,12-13H2,1-2H3/b20-18-. The second-order valence-corrected chi connectivity index (χ2v) is 6.56. The van der Waals surface area contributed by atoms with Crippen molar-refractivity contribution in [1.82, 2.24) is 4.90 Å². The third-order valence-electron chi connectivity index (χ3n) is 4.85. The first-order valence-electron chi connectivity index (χ1n) is 9.16. The van der Waals surface area contributed by atoms with Gasteiger partial charge in [0, 0.05) is 25.8 Å². The summed E-state index contributed by atoms with van der Waals surface area (Å²) in [5, 5.41) is 11.0. The lowest BCUT2D eigenvalue weighted by molar-refractivity contribution is -0.140. The van der Waals surface area contributed by atoms with Crippen molar-refractivity contribution in [3.8, 4) is 5.75 Å². The number of aliphatic hydroxyl groups excluding tert-OH is 1. The minimum atomic E-state index is -1.04. The summed E-state index contributed by atoms with van der Waals surface area (Å²) in [6.45, 7) is 0.555. The number of likely N-dealkylation sites (tertiary alicyclic amines) is 1. The van der Waals surface area contributed by atoms with Crippen molar-refractivity contribution in [3.05, 3.63) is 71.0 Å². The van der Waals surface area contributed by atoms with E-state index in [1.807, 2.05) is 0 Å². The van der Waals surface area contributed by atoms with Gasteiger partial charge in [-0.3, -0.25) is 9.59 Å². The van der Waals surface area contributed by atoms with Gasteiger partial charge in [0.1, 0.15) is 17.3 Å². The van der Waals surface area contributed by atoms with Crippen molar-refractivity contribution in [3.63, 3.8) is 0 Å². The van der Waals surface area contributed by atoms with Crippen LogP contribution in [0.5, 0.6) is 5.75 Å². The molecule has 0 radical (unpaired) electrons. The molecule has 2 aromatic rings. The third-order valence-corrected chi connectivity index (χ3v) is 4.85. The summed E-state index contributed by atoms with van der Waals surface area (Å²) in [6, 6.07) is 11.5. The molecule has 3 rings (SSSR count). The van der Waals surface area contributed by atoms with E-state index < -0.39 is 29.3 Å². The summed E-state index contributed by atoms with van der Waals surface area (Å²) in [7, 11) is 2.97. The average Bonchev–Trinajstić information content (AvgIpc) is 2.98. The normalized spacial score (nSPS) is 18.3. The van der Waals surface area contributed by atoms with E-state index in [-0.39, 0.29) is 23.2 Å². The maximum Gasteiger partial charge on any atom is 0.295 e. The quantitative estimate of drug-likeness (QED) is 0.335. The molecule has 29 heavy (non-hydrogen) atoms. The van der Waals surface area contributed by atoms with Gasteiger partial charge >= 0.3 is 0 Å². The molecule has 0 saturated carbocycles. The number of amides is 1. The monoisotopic (exact) mass is 399 g/mol. The summed E-state index contributed by atoms with van der Waals surface area (Å²) < 4.78 is 24.9. The third kappa shape index (κ3) is 3.86. The Bertz CT molecular complexity index is 956. The molecular formula is C22H22FNO5. The lowest BCUT2D eigenvalue weighted by Crippen LogP contribution is -2.31. The highest BCUT2D eigenvalue weighted by Gasteiger charge is 2.46. The summed E-state index contributed by atoms with van der Waals surface area (Å²) in [5.74, 6) is -2.28. The number of halogens is 1. The number of para-hydroxylation sites is 1. The summed E-state index contributed by atoms with van der Waals surface area (Å²) in [6.07, 6.45) is 0.461. The molecule has 1 atom stereocenters. The maximum absolute atomic E-state index is 14.6. The van der Waals surface area contributed by atoms with Crippen LogP contribution in [0.1, 0.15) is 23.6 Å². The van der Waals surface area contributed by atoms with Crippen LogP contribution in [0.4, 0.5) is 4.39 Å². The largest absolute Gasteiger partial charge is 0.507 e. The average molecular weight is 399 g/mol. The first-order chi connectivity index (χ1) is 14.0. The second-order valence-electron chi connectivity index (χ2n) is 6.56. The molecule has 1 N–H and O–H groups in total. The molecule has 0 aromatic heterocycles. The number of methoxy groups -OCH3 is 2. The zero-order valence-electron chi connectivity index (χ0n) is 16.2. The van der Waals surface area contributed by atoms with Crippen molar-refractivity contribution >= 4 is 17.4 Å². The number of benzene rings is 2. The second kappa shape index (κ2) is 8.87. The molecule has 1 aliphatic heterocycles. The van der Waals surface area contributed by atoms with E-state index in [0.29, 0.717) is 18.8 Å². The first kappa shape index (κ1) is 20.5. The van der Waals surface area contributed by atoms with Crippen molar-refractivity contribution in [1.29, 1.82) is 0 Å². The molecule has 0 spiro atoms. The van der Waals surface area contributed by atoms with E-state index in [0.717, 1.165) is 0 Å². The highest BCUT2D eigenvalue weighted by molar-refractivity contribution is 6.46. The Labute approximate surface area is 168 Å². The van der Waals surface area contributed by atoms with E-state index in [4.69, 9.17) is 9.47 Å². The Kier molecular flexibility index (Phi) is 6.29. The predicted molar refractivity (Wildman–Crippen MR) is 105 cm³/mol. The van der Waals surface area contributed by atoms with Gasteiger partial charge in [-0.15, -0.1) is 0 Å². The highest BCUT2D eigenvalue weighted by Crippen LogP contribution is 2.41. The number of nitrogens with zero attached hydrogens (tertiary/aromatic N) is 1. The van der Waals surface area contributed by atoms with Crippen molar-refractivity contribution < 1.29 is 28.6 Å². The number of hydrogen-bond acceptors (Lipinski definition) is 5. The summed E-state index contributed by atoms with van der Waals surface area (Å²) in [4.78, 5) is 26.9. The Balaban J connectivity index is 2.18. The fraction of sp³-hybridized carbons (Fsp3) is 0.273. The van der Waals surface area contributed by atoms with Gasteiger partial charge in [-0.25, -0.2) is 4.39 Å². The molecule has 7 heteroatoms. The Hall–Kier alpha value is -3.19. The smallest absolute Gasteiger partial charge is 0.295 e. The zero-order chi connectivity index (χ0) is 21.0. The number of hydrogen-bond donors (Lipinski definition) is 1. The van der Waals surface area contributed by atoms with Crippen LogP contribution in [0, 0.1) is 5.82 Å². The Morgan fingerprint density at radius 1 is 1.10 bits per heavy atom. The highest BCUT2D eigenvalue weighted by atomic mass is 19.1. The Morgan fingerprint density at radius 2 is 1.79 bits per heavy atom. The van der Waals surface area contributed by atoms with Gasteiger partial charge in [-0.05, 0) is 24.6 Å². The van der Waals surface area contributed by atoms with Crippen LogP contribution in [-0.4, -0.2) is 49.1 Å². The van der Waals surface area contributed by atoms with Gasteiger partial charge < -0.3 is 19.5 Å². The van der Waals surface area contributed by atoms with Crippen LogP contribution in [0.15, 0.2) is 54.1 Å². The minimum absolute atomic E-state index is 0.139. The van der Waals surface area contributed by atoms with Crippen LogP contribution in [0.25, 0.3) is 5.76 Å². The van der Waals surface area contributed by atoms with Crippen molar-refractivity contribution in [2.45, 2.75) is 12.5 Å².